The van der Waals surface area contributed by atoms with E-state index < -0.39 is 0 Å². The van der Waals surface area contributed by atoms with Gasteiger partial charge in [0.25, 0.3) is 0 Å². The summed E-state index contributed by atoms with van der Waals surface area (Å²) >= 11 is 0. The average Bonchev–Trinajstić information content (AvgIpc) is 2.39. The van der Waals surface area contributed by atoms with Crippen molar-refractivity contribution in [3.05, 3.63) is 29.6 Å². The van der Waals surface area contributed by atoms with Crippen molar-refractivity contribution < 1.29 is 0 Å². The number of aromatic nitrogens is 1. The fraction of sp³-hybridized carbons (Fsp3) is 0.667. The van der Waals surface area contributed by atoms with E-state index in [-0.39, 0.29) is 0 Å². The van der Waals surface area contributed by atoms with E-state index in [0.717, 1.165) is 12.0 Å². The number of fused-ring (bicyclic) bond motifs is 3. The minimum atomic E-state index is 0.757. The summed E-state index contributed by atoms with van der Waals surface area (Å²) in [5.74, 6) is 0.757. The van der Waals surface area contributed by atoms with Gasteiger partial charge in [0.05, 0.1) is 0 Å². The molecular weight excluding hydrogens is 208 g/mol. The first-order valence-corrected chi connectivity index (χ1v) is 7.08. The first-order chi connectivity index (χ1) is 8.40. The molecule has 1 aromatic rings. The number of aryl methyl sites for hydroxylation is 1. The van der Waals surface area contributed by atoms with Crippen LogP contribution in [0.15, 0.2) is 18.3 Å². The lowest BCUT2D eigenvalue weighted by atomic mass is 9.76. The second-order valence-corrected chi connectivity index (χ2v) is 5.43. The van der Waals surface area contributed by atoms with Gasteiger partial charge in [0, 0.05) is 23.9 Å². The van der Waals surface area contributed by atoms with Gasteiger partial charge in [-0.25, -0.2) is 0 Å². The fourth-order valence-electron chi connectivity index (χ4n) is 3.72. The highest BCUT2D eigenvalue weighted by molar-refractivity contribution is 5.29. The van der Waals surface area contributed by atoms with Crippen molar-refractivity contribution in [3.8, 4) is 0 Å². The smallest absolute Gasteiger partial charge is 0.0439 e. The van der Waals surface area contributed by atoms with E-state index >= 15 is 0 Å². The Morgan fingerprint density at radius 3 is 3.24 bits per heavy atom. The molecule has 0 amide bonds. The van der Waals surface area contributed by atoms with E-state index in [9.17, 15) is 0 Å². The summed E-state index contributed by atoms with van der Waals surface area (Å²) in [4.78, 5) is 7.29. The molecule has 2 nitrogen and oxygen atoms in total. The Kier molecular flexibility index (Phi) is 3.15. The molecule has 2 atom stereocenters. The maximum atomic E-state index is 4.56. The number of hydrogen-bond acceptors (Lipinski definition) is 2. The Bertz CT molecular complexity index is 386. The minimum absolute atomic E-state index is 0.757. The molecule has 1 aromatic heterocycles. The molecule has 0 N–H and O–H groups in total. The first-order valence-electron chi connectivity index (χ1n) is 7.08. The maximum absolute atomic E-state index is 4.56. The van der Waals surface area contributed by atoms with Gasteiger partial charge in [0.15, 0.2) is 0 Å². The zero-order valence-electron chi connectivity index (χ0n) is 10.7. The monoisotopic (exact) mass is 230 g/mol. The van der Waals surface area contributed by atoms with Crippen LogP contribution < -0.4 is 0 Å². The third-order valence-corrected chi connectivity index (χ3v) is 4.41. The Hall–Kier alpha value is -0.890. The van der Waals surface area contributed by atoms with Crippen LogP contribution in [0.25, 0.3) is 0 Å². The summed E-state index contributed by atoms with van der Waals surface area (Å²) in [6.07, 6.45) is 8.44. The number of pyridine rings is 1. The molecule has 0 bridgehead atoms. The lowest BCUT2D eigenvalue weighted by Gasteiger charge is -2.44. The largest absolute Gasteiger partial charge is 0.300 e. The Labute approximate surface area is 104 Å². The molecule has 92 valence electrons. The van der Waals surface area contributed by atoms with Crippen LogP contribution in [0.3, 0.4) is 0 Å². The van der Waals surface area contributed by atoms with E-state index in [1.54, 1.807) is 5.56 Å². The number of hydrogen-bond donors (Lipinski definition) is 0. The normalized spacial score (nSPS) is 28.5. The average molecular weight is 230 g/mol. The van der Waals surface area contributed by atoms with Crippen molar-refractivity contribution in [1.29, 1.82) is 0 Å². The van der Waals surface area contributed by atoms with Crippen LogP contribution in [0.5, 0.6) is 0 Å². The molecule has 17 heavy (non-hydrogen) atoms. The van der Waals surface area contributed by atoms with E-state index in [1.165, 1.54) is 50.9 Å². The Morgan fingerprint density at radius 1 is 1.41 bits per heavy atom. The summed E-state index contributed by atoms with van der Waals surface area (Å²) in [6.45, 7) is 4.88. The number of nitrogens with zero attached hydrogens (tertiary/aromatic N) is 2. The van der Waals surface area contributed by atoms with Crippen molar-refractivity contribution >= 4 is 0 Å². The highest BCUT2D eigenvalue weighted by Crippen LogP contribution is 2.39. The van der Waals surface area contributed by atoms with Crippen molar-refractivity contribution in [1.82, 2.24) is 9.88 Å². The van der Waals surface area contributed by atoms with Gasteiger partial charge in [-0.05, 0) is 56.8 Å². The first kappa shape index (κ1) is 11.2. The van der Waals surface area contributed by atoms with Crippen LogP contribution >= 0.6 is 0 Å². The zero-order chi connectivity index (χ0) is 11.7. The predicted molar refractivity (Wildman–Crippen MR) is 70.2 cm³/mol. The van der Waals surface area contributed by atoms with Crippen molar-refractivity contribution in [2.45, 2.75) is 51.0 Å². The molecule has 1 aliphatic carbocycles. The molecule has 1 aliphatic heterocycles. The predicted octanol–water partition coefficient (Wildman–Crippen LogP) is 2.99. The van der Waals surface area contributed by atoms with E-state index in [0.29, 0.717) is 0 Å². The second-order valence-electron chi connectivity index (χ2n) is 5.43. The fourth-order valence-corrected chi connectivity index (χ4v) is 3.72. The summed E-state index contributed by atoms with van der Waals surface area (Å²) in [7, 11) is 0. The van der Waals surface area contributed by atoms with E-state index in [1.807, 2.05) is 6.20 Å². The molecular formula is C15H22N2. The molecule has 2 aliphatic rings. The summed E-state index contributed by atoms with van der Waals surface area (Å²) < 4.78 is 0. The summed E-state index contributed by atoms with van der Waals surface area (Å²) in [5.41, 5.74) is 2.91. The molecule has 2 heteroatoms. The van der Waals surface area contributed by atoms with Gasteiger partial charge in [-0.15, -0.1) is 0 Å². The van der Waals surface area contributed by atoms with Gasteiger partial charge in [0.1, 0.15) is 0 Å². The number of rotatable bonds is 2. The van der Waals surface area contributed by atoms with Gasteiger partial charge in [-0.3, -0.25) is 9.88 Å². The Balaban J connectivity index is 1.88. The van der Waals surface area contributed by atoms with Gasteiger partial charge in [0.2, 0.25) is 0 Å². The van der Waals surface area contributed by atoms with Crippen LogP contribution in [0.4, 0.5) is 0 Å². The van der Waals surface area contributed by atoms with E-state index in [2.05, 4.69) is 28.9 Å². The lowest BCUT2D eigenvalue weighted by Crippen LogP contribution is -2.46. The molecule has 3 rings (SSSR count). The van der Waals surface area contributed by atoms with Crippen LogP contribution in [0.1, 0.15) is 49.8 Å². The molecule has 0 unspecified atom stereocenters. The van der Waals surface area contributed by atoms with Crippen LogP contribution in [-0.2, 0) is 6.42 Å². The van der Waals surface area contributed by atoms with Gasteiger partial charge in [-0.2, -0.15) is 0 Å². The third kappa shape index (κ3) is 1.99. The molecule has 2 heterocycles. The minimum Gasteiger partial charge on any atom is -0.300 e. The van der Waals surface area contributed by atoms with Gasteiger partial charge in [-0.1, -0.05) is 13.0 Å². The quantitative estimate of drug-likeness (QED) is 0.776. The summed E-state index contributed by atoms with van der Waals surface area (Å²) in [5, 5.41) is 0. The lowest BCUT2D eigenvalue weighted by molar-refractivity contribution is 0.112. The van der Waals surface area contributed by atoms with E-state index in [4.69, 9.17) is 0 Å². The molecule has 0 radical (unpaired) electrons. The maximum Gasteiger partial charge on any atom is 0.0439 e. The molecule has 1 saturated heterocycles. The van der Waals surface area contributed by atoms with Gasteiger partial charge < -0.3 is 0 Å². The number of piperidine rings is 1. The molecule has 0 aromatic carbocycles. The van der Waals surface area contributed by atoms with Crippen molar-refractivity contribution in [2.24, 2.45) is 0 Å². The number of likely N-dealkylation sites (tertiary alicyclic amines) is 1. The highest BCUT2D eigenvalue weighted by atomic mass is 15.2. The Morgan fingerprint density at radius 2 is 2.35 bits per heavy atom. The van der Waals surface area contributed by atoms with Crippen molar-refractivity contribution in [3.63, 3.8) is 0 Å². The molecule has 0 spiro atoms. The molecule has 1 fully saturated rings. The summed E-state index contributed by atoms with van der Waals surface area (Å²) in [6, 6.07) is 5.22. The van der Waals surface area contributed by atoms with Gasteiger partial charge >= 0.3 is 0 Å². The standard InChI is InChI=1S/C15H22N2/c1-2-10-17-11-4-6-13-12-5-3-9-16-14(12)7-8-15(13)17/h3,5,9,13,15H,2,4,6-8,10-11H2,1H3/t13-,15+/m1/s1. The third-order valence-electron chi connectivity index (χ3n) is 4.41. The highest BCUT2D eigenvalue weighted by Gasteiger charge is 2.35. The van der Waals surface area contributed by atoms with Crippen molar-refractivity contribution in [2.75, 3.05) is 13.1 Å². The van der Waals surface area contributed by atoms with Crippen LogP contribution in [-0.4, -0.2) is 29.0 Å². The molecule has 0 saturated carbocycles. The van der Waals surface area contributed by atoms with Crippen LogP contribution in [0, 0.1) is 0 Å². The zero-order valence-corrected chi connectivity index (χ0v) is 10.7. The topological polar surface area (TPSA) is 16.1 Å². The second kappa shape index (κ2) is 4.77. The van der Waals surface area contributed by atoms with Crippen LogP contribution in [0.2, 0.25) is 0 Å². The SMILES string of the molecule is CCCN1CCC[C@@H]2c3cccnc3CC[C@@H]21.